The van der Waals surface area contributed by atoms with E-state index in [-0.39, 0.29) is 17.5 Å². The molecule has 2 aromatic rings. The first-order valence-corrected chi connectivity index (χ1v) is 8.58. The molecule has 0 heterocycles. The van der Waals surface area contributed by atoms with Crippen molar-refractivity contribution in [1.82, 2.24) is 4.90 Å². The standard InChI is InChI=1S/C18H18F3NO2S/c1-22(12-13-2-6-15(7-3-13)24-18(20)21)17(23)10-11-25-16-8-4-14(19)5-9-16/h2-9,18H,10-12H2,1H3. The number of hydrogen-bond donors (Lipinski definition) is 0. The Morgan fingerprint density at radius 3 is 2.36 bits per heavy atom. The van der Waals surface area contributed by atoms with Crippen molar-refractivity contribution in [2.75, 3.05) is 12.8 Å². The third kappa shape index (κ3) is 6.70. The molecule has 0 unspecified atom stereocenters. The van der Waals surface area contributed by atoms with Gasteiger partial charge in [-0.3, -0.25) is 4.79 Å². The minimum absolute atomic E-state index is 0.0254. The van der Waals surface area contributed by atoms with Crippen LogP contribution < -0.4 is 4.74 Å². The fraction of sp³-hybridized carbons (Fsp3) is 0.278. The van der Waals surface area contributed by atoms with Crippen LogP contribution >= 0.6 is 11.8 Å². The van der Waals surface area contributed by atoms with E-state index >= 15 is 0 Å². The van der Waals surface area contributed by atoms with E-state index in [2.05, 4.69) is 4.74 Å². The van der Waals surface area contributed by atoms with Gasteiger partial charge >= 0.3 is 6.61 Å². The highest BCUT2D eigenvalue weighted by atomic mass is 32.2. The molecule has 2 rings (SSSR count). The number of rotatable bonds is 8. The molecule has 2 aromatic carbocycles. The molecule has 0 aliphatic carbocycles. The quantitative estimate of drug-likeness (QED) is 0.639. The van der Waals surface area contributed by atoms with Gasteiger partial charge in [0.1, 0.15) is 11.6 Å². The SMILES string of the molecule is CN(Cc1ccc(OC(F)F)cc1)C(=O)CCSc1ccc(F)cc1. The third-order valence-electron chi connectivity index (χ3n) is 3.39. The molecule has 0 spiro atoms. The molecule has 0 bridgehead atoms. The molecule has 0 atom stereocenters. The van der Waals surface area contributed by atoms with Gasteiger partial charge in [-0.2, -0.15) is 8.78 Å². The van der Waals surface area contributed by atoms with Crippen molar-refractivity contribution < 1.29 is 22.7 Å². The molecule has 134 valence electrons. The number of thioether (sulfide) groups is 1. The Bertz CT molecular complexity index is 678. The highest BCUT2D eigenvalue weighted by Crippen LogP contribution is 2.20. The summed E-state index contributed by atoms with van der Waals surface area (Å²) in [6.45, 7) is -2.47. The minimum Gasteiger partial charge on any atom is -0.435 e. The van der Waals surface area contributed by atoms with Crippen molar-refractivity contribution in [1.29, 1.82) is 0 Å². The summed E-state index contributed by atoms with van der Waals surface area (Å²) in [6.07, 6.45) is 0.352. The predicted molar refractivity (Wildman–Crippen MR) is 91.3 cm³/mol. The number of alkyl halides is 2. The van der Waals surface area contributed by atoms with E-state index < -0.39 is 6.61 Å². The lowest BCUT2D eigenvalue weighted by molar-refractivity contribution is -0.129. The summed E-state index contributed by atoms with van der Waals surface area (Å²) in [5.41, 5.74) is 0.823. The van der Waals surface area contributed by atoms with Crippen molar-refractivity contribution in [2.24, 2.45) is 0 Å². The van der Waals surface area contributed by atoms with Gasteiger partial charge < -0.3 is 9.64 Å². The van der Waals surface area contributed by atoms with Crippen LogP contribution in [0.1, 0.15) is 12.0 Å². The van der Waals surface area contributed by atoms with Gasteiger partial charge in [0.25, 0.3) is 0 Å². The van der Waals surface area contributed by atoms with Crippen LogP contribution in [0.5, 0.6) is 5.75 Å². The largest absolute Gasteiger partial charge is 0.435 e. The summed E-state index contributed by atoms with van der Waals surface area (Å²) >= 11 is 1.49. The zero-order valence-corrected chi connectivity index (χ0v) is 14.4. The summed E-state index contributed by atoms with van der Waals surface area (Å²) in [6, 6.07) is 12.3. The Morgan fingerprint density at radius 2 is 1.76 bits per heavy atom. The van der Waals surface area contributed by atoms with Crippen LogP contribution in [-0.2, 0) is 11.3 Å². The Hall–Kier alpha value is -2.15. The summed E-state index contributed by atoms with van der Waals surface area (Å²) in [5, 5.41) is 0. The van der Waals surface area contributed by atoms with Crippen molar-refractivity contribution in [3.8, 4) is 5.75 Å². The van der Waals surface area contributed by atoms with Crippen LogP contribution in [0.4, 0.5) is 13.2 Å². The van der Waals surface area contributed by atoms with E-state index in [0.717, 1.165) is 10.5 Å². The van der Waals surface area contributed by atoms with Crippen LogP contribution in [0.2, 0.25) is 0 Å². The molecule has 0 fully saturated rings. The van der Waals surface area contributed by atoms with E-state index in [1.165, 1.54) is 36.0 Å². The van der Waals surface area contributed by atoms with Crippen molar-refractivity contribution in [3.63, 3.8) is 0 Å². The van der Waals surface area contributed by atoms with Gasteiger partial charge in [-0.1, -0.05) is 12.1 Å². The average Bonchev–Trinajstić information content (AvgIpc) is 2.58. The fourth-order valence-electron chi connectivity index (χ4n) is 2.12. The number of benzene rings is 2. The summed E-state index contributed by atoms with van der Waals surface area (Å²) < 4.78 is 41.3. The molecule has 1 amide bonds. The molecule has 0 aromatic heterocycles. The van der Waals surface area contributed by atoms with Crippen LogP contribution in [0, 0.1) is 5.82 Å². The minimum atomic E-state index is -2.85. The second-order valence-corrected chi connectivity index (χ2v) is 6.49. The summed E-state index contributed by atoms with van der Waals surface area (Å²) in [7, 11) is 1.69. The zero-order valence-electron chi connectivity index (χ0n) is 13.6. The van der Waals surface area contributed by atoms with Crippen LogP contribution in [0.3, 0.4) is 0 Å². The lowest BCUT2D eigenvalue weighted by Gasteiger charge is -2.17. The molecule has 0 aliphatic heterocycles. The van der Waals surface area contributed by atoms with Gasteiger partial charge in [-0.25, -0.2) is 4.39 Å². The second-order valence-electron chi connectivity index (χ2n) is 5.32. The molecule has 0 N–H and O–H groups in total. The number of ether oxygens (including phenoxy) is 1. The zero-order chi connectivity index (χ0) is 18.2. The number of carbonyl (C=O) groups is 1. The number of nitrogens with zero attached hydrogens (tertiary/aromatic N) is 1. The maximum Gasteiger partial charge on any atom is 0.387 e. The molecule has 0 radical (unpaired) electrons. The van der Waals surface area contributed by atoms with E-state index in [4.69, 9.17) is 0 Å². The van der Waals surface area contributed by atoms with E-state index in [1.807, 2.05) is 0 Å². The Labute approximate surface area is 148 Å². The molecular weight excluding hydrogens is 351 g/mol. The highest BCUT2D eigenvalue weighted by molar-refractivity contribution is 7.99. The van der Waals surface area contributed by atoms with Gasteiger partial charge in [-0.05, 0) is 42.0 Å². The monoisotopic (exact) mass is 369 g/mol. The Morgan fingerprint density at radius 1 is 1.12 bits per heavy atom. The van der Waals surface area contributed by atoms with Crippen molar-refractivity contribution in [2.45, 2.75) is 24.5 Å². The van der Waals surface area contributed by atoms with Gasteiger partial charge in [0, 0.05) is 30.7 Å². The van der Waals surface area contributed by atoms with E-state index in [0.29, 0.717) is 18.7 Å². The molecule has 7 heteroatoms. The van der Waals surface area contributed by atoms with Crippen LogP contribution in [0.25, 0.3) is 0 Å². The smallest absolute Gasteiger partial charge is 0.387 e. The van der Waals surface area contributed by atoms with Crippen LogP contribution in [0.15, 0.2) is 53.4 Å². The fourth-order valence-corrected chi connectivity index (χ4v) is 2.96. The lowest BCUT2D eigenvalue weighted by atomic mass is 10.2. The number of halogens is 3. The van der Waals surface area contributed by atoms with E-state index in [1.54, 1.807) is 36.2 Å². The van der Waals surface area contributed by atoms with Crippen LogP contribution in [-0.4, -0.2) is 30.2 Å². The maximum absolute atomic E-state index is 12.8. The first-order valence-electron chi connectivity index (χ1n) is 7.60. The molecule has 0 saturated carbocycles. The van der Waals surface area contributed by atoms with Crippen molar-refractivity contribution in [3.05, 3.63) is 59.9 Å². The van der Waals surface area contributed by atoms with Gasteiger partial charge in [-0.15, -0.1) is 11.8 Å². The van der Waals surface area contributed by atoms with E-state index in [9.17, 15) is 18.0 Å². The first-order chi connectivity index (χ1) is 11.9. The molecular formula is C18H18F3NO2S. The van der Waals surface area contributed by atoms with Gasteiger partial charge in [0.2, 0.25) is 5.91 Å². The van der Waals surface area contributed by atoms with Gasteiger partial charge in [0.15, 0.2) is 0 Å². The molecule has 25 heavy (non-hydrogen) atoms. The van der Waals surface area contributed by atoms with Gasteiger partial charge in [0.05, 0.1) is 0 Å². The topological polar surface area (TPSA) is 29.5 Å². The summed E-state index contributed by atoms with van der Waals surface area (Å²) in [4.78, 5) is 14.6. The lowest BCUT2D eigenvalue weighted by Crippen LogP contribution is -2.26. The second kappa shape index (κ2) is 9.36. The molecule has 0 saturated heterocycles. The first kappa shape index (κ1) is 19.2. The number of hydrogen-bond acceptors (Lipinski definition) is 3. The third-order valence-corrected chi connectivity index (χ3v) is 4.41. The summed E-state index contributed by atoms with van der Waals surface area (Å²) in [5.74, 6) is 0.367. The predicted octanol–water partition coefficient (Wildman–Crippen LogP) is 4.57. The Balaban J connectivity index is 1.76. The molecule has 3 nitrogen and oxygen atoms in total. The number of carbonyl (C=O) groups excluding carboxylic acids is 1. The molecule has 0 aliphatic rings. The number of amides is 1. The Kier molecular flexibility index (Phi) is 7.18. The highest BCUT2D eigenvalue weighted by Gasteiger charge is 2.10. The van der Waals surface area contributed by atoms with Crippen molar-refractivity contribution >= 4 is 17.7 Å². The average molecular weight is 369 g/mol. The maximum atomic E-state index is 12.8. The normalized spacial score (nSPS) is 10.8.